The fourth-order valence-electron chi connectivity index (χ4n) is 3.74. The molecule has 142 valence electrons. The molecule has 3 rings (SSSR count). The van der Waals surface area contributed by atoms with Crippen LogP contribution in [-0.2, 0) is 11.8 Å². The van der Waals surface area contributed by atoms with E-state index in [1.807, 2.05) is 24.9 Å². The smallest absolute Gasteiger partial charge is 0.255 e. The Morgan fingerprint density at radius 3 is 2.65 bits per heavy atom. The summed E-state index contributed by atoms with van der Waals surface area (Å²) < 4.78 is 7.06. The lowest BCUT2D eigenvalue weighted by Crippen LogP contribution is -2.42. The van der Waals surface area contributed by atoms with Gasteiger partial charge in [0.15, 0.2) is 5.65 Å². The molecular weight excluding hydrogens is 328 g/mol. The van der Waals surface area contributed by atoms with Crippen molar-refractivity contribution in [3.8, 4) is 0 Å². The number of nitrogens with zero attached hydrogens (tertiary/aromatic N) is 4. The minimum absolute atomic E-state index is 0.0705. The van der Waals surface area contributed by atoms with Crippen LogP contribution in [0.1, 0.15) is 67.2 Å². The van der Waals surface area contributed by atoms with Gasteiger partial charge in [0.1, 0.15) is 0 Å². The van der Waals surface area contributed by atoms with Crippen molar-refractivity contribution in [2.45, 2.75) is 58.4 Å². The van der Waals surface area contributed by atoms with Crippen molar-refractivity contribution in [1.82, 2.24) is 19.7 Å². The maximum Gasteiger partial charge on any atom is 0.255 e. The quantitative estimate of drug-likeness (QED) is 0.725. The zero-order chi connectivity index (χ0) is 18.8. The predicted molar refractivity (Wildman–Crippen MR) is 103 cm³/mol. The summed E-state index contributed by atoms with van der Waals surface area (Å²) in [5.74, 6) is 0.558. The highest BCUT2D eigenvalue weighted by Crippen LogP contribution is 2.40. The van der Waals surface area contributed by atoms with Gasteiger partial charge in [0, 0.05) is 38.4 Å². The number of carbonyl (C=O) groups excluding carboxylic acids is 1. The lowest BCUT2D eigenvalue weighted by atomic mass is 10.0. The molecular formula is C20H30N4O2. The van der Waals surface area contributed by atoms with Crippen LogP contribution in [0.25, 0.3) is 11.0 Å². The minimum Gasteiger partial charge on any atom is -0.383 e. The van der Waals surface area contributed by atoms with Crippen LogP contribution in [-0.4, -0.2) is 51.9 Å². The van der Waals surface area contributed by atoms with Crippen LogP contribution in [0.2, 0.25) is 0 Å². The molecule has 0 aromatic carbocycles. The number of aryl methyl sites for hydroxylation is 2. The molecule has 0 N–H and O–H groups in total. The lowest BCUT2D eigenvalue weighted by molar-refractivity contribution is 0.0591. The molecule has 0 bridgehead atoms. The molecule has 0 spiro atoms. The van der Waals surface area contributed by atoms with Gasteiger partial charge in [0.2, 0.25) is 0 Å². The summed E-state index contributed by atoms with van der Waals surface area (Å²) in [6.07, 6.45) is 4.18. The third-order valence-electron chi connectivity index (χ3n) is 5.39. The summed E-state index contributed by atoms with van der Waals surface area (Å²) in [7, 11) is 3.58. The van der Waals surface area contributed by atoms with Gasteiger partial charge in [-0.05, 0) is 38.7 Å². The Kier molecular flexibility index (Phi) is 5.61. The number of methoxy groups -OCH3 is 1. The summed E-state index contributed by atoms with van der Waals surface area (Å²) >= 11 is 0. The molecule has 6 nitrogen and oxygen atoms in total. The fraction of sp³-hybridized carbons (Fsp3) is 0.650. The second-order valence-corrected chi connectivity index (χ2v) is 7.24. The van der Waals surface area contributed by atoms with Crippen LogP contribution in [0.15, 0.2) is 6.07 Å². The molecule has 6 heteroatoms. The zero-order valence-corrected chi connectivity index (χ0v) is 16.6. The van der Waals surface area contributed by atoms with Crippen molar-refractivity contribution in [3.05, 3.63) is 23.0 Å². The van der Waals surface area contributed by atoms with Gasteiger partial charge < -0.3 is 9.64 Å². The van der Waals surface area contributed by atoms with E-state index in [1.54, 1.807) is 11.8 Å². The Labute approximate surface area is 155 Å². The molecule has 1 fully saturated rings. The molecule has 2 heterocycles. The number of ether oxygens (including phenoxy) is 1. The van der Waals surface area contributed by atoms with Crippen LogP contribution in [0.5, 0.6) is 0 Å². The number of pyridine rings is 1. The normalized spacial score (nSPS) is 14.4. The molecule has 0 atom stereocenters. The summed E-state index contributed by atoms with van der Waals surface area (Å²) in [6, 6.07) is 2.22. The lowest BCUT2D eigenvalue weighted by Gasteiger charge is -2.31. The zero-order valence-electron chi connectivity index (χ0n) is 16.6. The standard InChI is InChI=1S/C20H30N4O2/c1-6-15(7-2)24(10-11-26-5)20(25)16-12-17(14-8-9-14)21-19-18(16)13(3)22-23(19)4/h12,14-15H,6-11H2,1-5H3. The van der Waals surface area contributed by atoms with E-state index in [1.165, 1.54) is 0 Å². The topological polar surface area (TPSA) is 60.2 Å². The largest absolute Gasteiger partial charge is 0.383 e. The molecule has 0 aliphatic heterocycles. The fourth-order valence-corrected chi connectivity index (χ4v) is 3.74. The third kappa shape index (κ3) is 3.47. The van der Waals surface area contributed by atoms with Gasteiger partial charge in [0.05, 0.1) is 23.3 Å². The SMILES string of the molecule is CCC(CC)N(CCOC)C(=O)c1cc(C2CC2)nc2c1c(C)nn2C. The third-order valence-corrected chi connectivity index (χ3v) is 5.39. The van der Waals surface area contributed by atoms with Crippen LogP contribution in [0.3, 0.4) is 0 Å². The van der Waals surface area contributed by atoms with Gasteiger partial charge in [-0.2, -0.15) is 5.10 Å². The number of amides is 1. The second-order valence-electron chi connectivity index (χ2n) is 7.24. The Balaban J connectivity index is 2.09. The molecule has 26 heavy (non-hydrogen) atoms. The van der Waals surface area contributed by atoms with Crippen LogP contribution < -0.4 is 0 Å². The first-order valence-corrected chi connectivity index (χ1v) is 9.65. The van der Waals surface area contributed by atoms with Crippen LogP contribution in [0, 0.1) is 6.92 Å². The highest BCUT2D eigenvalue weighted by atomic mass is 16.5. The van der Waals surface area contributed by atoms with E-state index in [2.05, 4.69) is 18.9 Å². The van der Waals surface area contributed by atoms with E-state index in [-0.39, 0.29) is 11.9 Å². The Morgan fingerprint density at radius 2 is 2.08 bits per heavy atom. The molecule has 2 aromatic heterocycles. The summed E-state index contributed by atoms with van der Waals surface area (Å²) in [5, 5.41) is 5.40. The Hall–Kier alpha value is -1.95. The second kappa shape index (κ2) is 7.74. The molecule has 1 aliphatic carbocycles. The number of fused-ring (bicyclic) bond motifs is 1. The van der Waals surface area contributed by atoms with E-state index < -0.39 is 0 Å². The maximum absolute atomic E-state index is 13.6. The summed E-state index contributed by atoms with van der Waals surface area (Å²) in [4.78, 5) is 20.4. The van der Waals surface area contributed by atoms with Crippen molar-refractivity contribution in [2.75, 3.05) is 20.3 Å². The Bertz CT molecular complexity index is 791. The van der Waals surface area contributed by atoms with E-state index in [0.29, 0.717) is 19.1 Å². The number of aromatic nitrogens is 3. The molecule has 0 unspecified atom stereocenters. The summed E-state index contributed by atoms with van der Waals surface area (Å²) in [6.45, 7) is 7.36. The number of rotatable bonds is 8. The first kappa shape index (κ1) is 18.8. The molecule has 2 aromatic rings. The van der Waals surface area contributed by atoms with Crippen LogP contribution in [0.4, 0.5) is 0 Å². The highest BCUT2D eigenvalue weighted by Gasteiger charge is 2.30. The van der Waals surface area contributed by atoms with Gasteiger partial charge in [-0.3, -0.25) is 9.48 Å². The van der Waals surface area contributed by atoms with Gasteiger partial charge >= 0.3 is 0 Å². The van der Waals surface area contributed by atoms with E-state index >= 15 is 0 Å². The summed E-state index contributed by atoms with van der Waals surface area (Å²) in [5.41, 5.74) is 3.44. The minimum atomic E-state index is 0.0705. The molecule has 0 saturated heterocycles. The molecule has 1 aliphatic rings. The van der Waals surface area contributed by atoms with Crippen molar-refractivity contribution in [1.29, 1.82) is 0 Å². The number of hydrogen-bond acceptors (Lipinski definition) is 4. The van der Waals surface area contributed by atoms with E-state index in [0.717, 1.165) is 53.7 Å². The highest BCUT2D eigenvalue weighted by molar-refractivity contribution is 6.06. The van der Waals surface area contributed by atoms with Gasteiger partial charge in [-0.15, -0.1) is 0 Å². The Morgan fingerprint density at radius 1 is 1.38 bits per heavy atom. The molecule has 0 radical (unpaired) electrons. The average Bonchev–Trinajstić information content (AvgIpc) is 3.44. The maximum atomic E-state index is 13.6. The van der Waals surface area contributed by atoms with Gasteiger partial charge in [-0.25, -0.2) is 4.98 Å². The van der Waals surface area contributed by atoms with Crippen molar-refractivity contribution in [2.24, 2.45) is 7.05 Å². The van der Waals surface area contributed by atoms with Crippen molar-refractivity contribution >= 4 is 16.9 Å². The molecule has 1 saturated carbocycles. The van der Waals surface area contributed by atoms with Gasteiger partial charge in [0.25, 0.3) is 5.91 Å². The van der Waals surface area contributed by atoms with Gasteiger partial charge in [-0.1, -0.05) is 13.8 Å². The monoisotopic (exact) mass is 358 g/mol. The first-order chi connectivity index (χ1) is 12.5. The number of carbonyl (C=O) groups is 1. The average molecular weight is 358 g/mol. The van der Waals surface area contributed by atoms with E-state index in [9.17, 15) is 4.79 Å². The van der Waals surface area contributed by atoms with Crippen molar-refractivity contribution < 1.29 is 9.53 Å². The van der Waals surface area contributed by atoms with E-state index in [4.69, 9.17) is 9.72 Å². The predicted octanol–water partition coefficient (Wildman–Crippen LogP) is 3.43. The number of hydrogen-bond donors (Lipinski definition) is 0. The first-order valence-electron chi connectivity index (χ1n) is 9.65. The van der Waals surface area contributed by atoms with Crippen molar-refractivity contribution in [3.63, 3.8) is 0 Å². The van der Waals surface area contributed by atoms with Crippen LogP contribution >= 0.6 is 0 Å². The molecule has 1 amide bonds.